The summed E-state index contributed by atoms with van der Waals surface area (Å²) in [6.07, 6.45) is 4.28. The summed E-state index contributed by atoms with van der Waals surface area (Å²) in [5, 5.41) is 3.33. The number of aryl methyl sites for hydroxylation is 2. The minimum atomic E-state index is -0.216. The molecule has 5 rings (SSSR count). The monoisotopic (exact) mass is 493 g/mol. The van der Waals surface area contributed by atoms with Crippen LogP contribution < -0.4 is 16.5 Å². The molecule has 4 aromatic heterocycles. The molecule has 0 radical (unpaired) electrons. The molecule has 0 unspecified atom stereocenters. The average Bonchev–Trinajstić information content (AvgIpc) is 3.44. The van der Waals surface area contributed by atoms with Gasteiger partial charge >= 0.3 is 0 Å². The van der Waals surface area contributed by atoms with Crippen LogP contribution >= 0.6 is 0 Å². The maximum absolute atomic E-state index is 13.2. The third kappa shape index (κ3) is 4.71. The van der Waals surface area contributed by atoms with Crippen molar-refractivity contribution in [3.05, 3.63) is 88.5 Å². The van der Waals surface area contributed by atoms with Gasteiger partial charge in [0.25, 0.3) is 0 Å². The summed E-state index contributed by atoms with van der Waals surface area (Å²) >= 11 is 0. The third-order valence-electron chi connectivity index (χ3n) is 6.25. The lowest BCUT2D eigenvalue weighted by Crippen LogP contribution is -2.18. The first-order valence-corrected chi connectivity index (χ1v) is 12.2. The van der Waals surface area contributed by atoms with E-state index >= 15 is 0 Å². The Bertz CT molecular complexity index is 1640. The van der Waals surface area contributed by atoms with Gasteiger partial charge in [-0.05, 0) is 43.2 Å². The number of aromatic amines is 1. The van der Waals surface area contributed by atoms with Gasteiger partial charge in [0, 0.05) is 30.2 Å². The zero-order valence-electron chi connectivity index (χ0n) is 20.7. The van der Waals surface area contributed by atoms with Crippen LogP contribution in [-0.2, 0) is 24.2 Å². The lowest BCUT2D eigenvalue weighted by molar-refractivity contribution is -0.115. The van der Waals surface area contributed by atoms with Crippen molar-refractivity contribution < 1.29 is 4.79 Å². The number of nitrogens with two attached hydrogens (primary N) is 1. The summed E-state index contributed by atoms with van der Waals surface area (Å²) in [6.45, 7) is 4.51. The van der Waals surface area contributed by atoms with Crippen molar-refractivity contribution in [2.24, 2.45) is 0 Å². The van der Waals surface area contributed by atoms with Crippen LogP contribution in [0.3, 0.4) is 0 Å². The molecule has 9 heteroatoms. The minimum Gasteiger partial charge on any atom is -0.384 e. The van der Waals surface area contributed by atoms with E-state index in [1.54, 1.807) is 24.5 Å². The fraction of sp³-hybridized carbons (Fsp3) is 0.179. The molecular formula is C28H27N7O2. The number of carbonyl (C=O) groups is 1. The summed E-state index contributed by atoms with van der Waals surface area (Å²) in [6, 6.07) is 16.8. The molecule has 0 atom stereocenters. The Labute approximate surface area is 213 Å². The fourth-order valence-corrected chi connectivity index (χ4v) is 4.36. The maximum atomic E-state index is 13.2. The molecule has 9 nitrogen and oxygen atoms in total. The van der Waals surface area contributed by atoms with Gasteiger partial charge in [0.1, 0.15) is 28.7 Å². The predicted molar refractivity (Wildman–Crippen MR) is 145 cm³/mol. The first-order valence-electron chi connectivity index (χ1n) is 12.2. The molecule has 0 saturated carbocycles. The number of nitrogens with one attached hydrogen (secondary N) is 2. The van der Waals surface area contributed by atoms with Crippen LogP contribution in [0.4, 0.5) is 11.6 Å². The van der Waals surface area contributed by atoms with E-state index in [9.17, 15) is 9.59 Å². The van der Waals surface area contributed by atoms with Crippen molar-refractivity contribution in [1.82, 2.24) is 24.5 Å². The van der Waals surface area contributed by atoms with Gasteiger partial charge in [0.05, 0.1) is 17.5 Å². The Morgan fingerprint density at radius 2 is 1.86 bits per heavy atom. The standard InChI is InChI=1S/C28H27N7O2/c1-3-19-6-5-7-22(32-19)34-23(36)16-17-8-10-18(11-9-17)21-13-12-20-25(37)24(27-30-14-15-31-27)26(29)35(4-2)28(20)33-21/h5-15H,3-4,16,29H2,1-2H3,(H,30,31)(H,32,34,36). The first kappa shape index (κ1) is 23.9. The van der Waals surface area contributed by atoms with Crippen molar-refractivity contribution in [3.63, 3.8) is 0 Å². The normalized spacial score (nSPS) is 11.1. The lowest BCUT2D eigenvalue weighted by atomic mass is 10.1. The van der Waals surface area contributed by atoms with Crippen LogP contribution in [0.15, 0.2) is 71.8 Å². The number of fused-ring (bicyclic) bond motifs is 1. The number of nitrogen functional groups attached to an aromatic ring is 1. The summed E-state index contributed by atoms with van der Waals surface area (Å²) in [5.74, 6) is 1.17. The molecule has 0 aliphatic heterocycles. The first-order chi connectivity index (χ1) is 18.0. The second kappa shape index (κ2) is 10.1. The zero-order valence-corrected chi connectivity index (χ0v) is 20.7. The molecule has 5 aromatic rings. The number of aromatic nitrogens is 5. The number of imidazole rings is 1. The quantitative estimate of drug-likeness (QED) is 0.311. The number of H-pyrrole nitrogens is 1. The number of anilines is 2. The zero-order chi connectivity index (χ0) is 25.9. The topological polar surface area (TPSA) is 132 Å². The number of rotatable bonds is 7. The molecule has 186 valence electrons. The van der Waals surface area contributed by atoms with E-state index in [1.807, 2.05) is 60.9 Å². The number of amides is 1. The van der Waals surface area contributed by atoms with E-state index in [0.29, 0.717) is 46.3 Å². The van der Waals surface area contributed by atoms with E-state index in [4.69, 9.17) is 10.7 Å². The predicted octanol–water partition coefficient (Wildman–Crippen LogP) is 4.19. The molecule has 0 saturated heterocycles. The van der Waals surface area contributed by atoms with Crippen molar-refractivity contribution in [1.29, 1.82) is 0 Å². The second-order valence-corrected chi connectivity index (χ2v) is 8.63. The van der Waals surface area contributed by atoms with Crippen LogP contribution in [0.5, 0.6) is 0 Å². The van der Waals surface area contributed by atoms with Gasteiger partial charge in [0.2, 0.25) is 11.3 Å². The fourth-order valence-electron chi connectivity index (χ4n) is 4.36. The van der Waals surface area contributed by atoms with Gasteiger partial charge in [-0.25, -0.2) is 15.0 Å². The number of carbonyl (C=O) groups excluding carboxylic acids is 1. The average molecular weight is 494 g/mol. The number of hydrogen-bond acceptors (Lipinski definition) is 6. The van der Waals surface area contributed by atoms with Crippen molar-refractivity contribution in [3.8, 4) is 22.6 Å². The Balaban J connectivity index is 1.41. The van der Waals surface area contributed by atoms with Gasteiger partial charge in [-0.3, -0.25) is 9.59 Å². The van der Waals surface area contributed by atoms with E-state index in [-0.39, 0.29) is 17.8 Å². The highest BCUT2D eigenvalue weighted by molar-refractivity contribution is 5.91. The highest BCUT2D eigenvalue weighted by Gasteiger charge is 2.19. The molecule has 0 aliphatic carbocycles. The van der Waals surface area contributed by atoms with E-state index in [1.165, 1.54) is 0 Å². The maximum Gasteiger partial charge on any atom is 0.229 e. The number of hydrogen-bond donors (Lipinski definition) is 3. The molecule has 0 aliphatic rings. The molecule has 4 heterocycles. The number of benzene rings is 1. The van der Waals surface area contributed by atoms with Gasteiger partial charge < -0.3 is 20.6 Å². The molecule has 0 fully saturated rings. The highest BCUT2D eigenvalue weighted by Crippen LogP contribution is 2.26. The SMILES string of the molecule is CCc1cccc(NC(=O)Cc2ccc(-c3ccc4c(=O)c(-c5ncc[nH]5)c(N)n(CC)c4n3)cc2)n1. The van der Waals surface area contributed by atoms with Crippen LogP contribution in [0.25, 0.3) is 33.7 Å². The van der Waals surface area contributed by atoms with Gasteiger partial charge in [0.15, 0.2) is 0 Å². The minimum absolute atomic E-state index is 0.132. The molecule has 0 bridgehead atoms. The summed E-state index contributed by atoms with van der Waals surface area (Å²) in [4.78, 5) is 42.1. The van der Waals surface area contributed by atoms with E-state index < -0.39 is 0 Å². The van der Waals surface area contributed by atoms with Crippen molar-refractivity contribution >= 4 is 28.6 Å². The van der Waals surface area contributed by atoms with Crippen molar-refractivity contribution in [2.75, 3.05) is 11.1 Å². The molecule has 0 spiro atoms. The lowest BCUT2D eigenvalue weighted by Gasteiger charge is -2.15. The van der Waals surface area contributed by atoms with Crippen LogP contribution in [0.1, 0.15) is 25.1 Å². The summed E-state index contributed by atoms with van der Waals surface area (Å²) in [7, 11) is 0. The highest BCUT2D eigenvalue weighted by atomic mass is 16.1. The number of nitrogens with zero attached hydrogens (tertiary/aromatic N) is 4. The van der Waals surface area contributed by atoms with Crippen LogP contribution in [0, 0.1) is 0 Å². The Kier molecular flexibility index (Phi) is 6.51. The van der Waals surface area contributed by atoms with Gasteiger partial charge in [-0.15, -0.1) is 0 Å². The molecule has 1 amide bonds. The third-order valence-corrected chi connectivity index (χ3v) is 6.25. The summed E-state index contributed by atoms with van der Waals surface area (Å²) < 4.78 is 1.82. The van der Waals surface area contributed by atoms with Crippen molar-refractivity contribution in [2.45, 2.75) is 33.2 Å². The molecule has 4 N–H and O–H groups in total. The Morgan fingerprint density at radius 1 is 1.05 bits per heavy atom. The second-order valence-electron chi connectivity index (χ2n) is 8.63. The molecule has 1 aromatic carbocycles. The van der Waals surface area contributed by atoms with E-state index in [0.717, 1.165) is 23.2 Å². The Morgan fingerprint density at radius 3 is 2.57 bits per heavy atom. The van der Waals surface area contributed by atoms with Gasteiger partial charge in [-0.2, -0.15) is 0 Å². The van der Waals surface area contributed by atoms with Crippen LogP contribution in [-0.4, -0.2) is 30.4 Å². The summed E-state index contributed by atoms with van der Waals surface area (Å²) in [5.41, 5.74) is 10.4. The van der Waals surface area contributed by atoms with Gasteiger partial charge in [-0.1, -0.05) is 37.3 Å². The Hall–Kier alpha value is -4.79. The van der Waals surface area contributed by atoms with Crippen LogP contribution in [0.2, 0.25) is 0 Å². The smallest absolute Gasteiger partial charge is 0.229 e. The largest absolute Gasteiger partial charge is 0.384 e. The number of pyridine rings is 3. The molecule has 37 heavy (non-hydrogen) atoms. The van der Waals surface area contributed by atoms with E-state index in [2.05, 4.69) is 20.3 Å². The molecular weight excluding hydrogens is 466 g/mol.